The largest absolute Gasteiger partial charge is 0.494 e. The van der Waals surface area contributed by atoms with E-state index in [2.05, 4.69) is 10.6 Å². The van der Waals surface area contributed by atoms with Crippen LogP contribution >= 0.6 is 0 Å². The molecule has 0 aromatic heterocycles. The Bertz CT molecular complexity index is 967. The number of ether oxygens (including phenoxy) is 1. The second kappa shape index (κ2) is 12.0. The lowest BCUT2D eigenvalue weighted by atomic mass is 9.97. The van der Waals surface area contributed by atoms with E-state index in [4.69, 9.17) is 4.74 Å². The highest BCUT2D eigenvalue weighted by Gasteiger charge is 2.23. The van der Waals surface area contributed by atoms with Crippen molar-refractivity contribution in [3.63, 3.8) is 0 Å². The van der Waals surface area contributed by atoms with Crippen molar-refractivity contribution in [1.82, 2.24) is 15.5 Å². The number of hydrogen-bond donors (Lipinski definition) is 2. The maximum Gasteiger partial charge on any atom is 0.253 e. The Morgan fingerprint density at radius 1 is 1.15 bits per heavy atom. The van der Waals surface area contributed by atoms with Crippen molar-refractivity contribution in [2.75, 3.05) is 26.7 Å². The number of carbonyl (C=O) groups excluding carboxylic acids is 3. The number of carbonyl (C=O) groups is 3. The molecular formula is C25H30FN3O4. The number of methoxy groups -OCH3 is 1. The fraction of sp³-hybridized carbons (Fsp3) is 0.400. The zero-order valence-electron chi connectivity index (χ0n) is 18.8. The van der Waals surface area contributed by atoms with Crippen molar-refractivity contribution in [3.05, 3.63) is 65.5 Å². The standard InChI is InChI=1S/C25H30FN3O4/c1-33-22-10-9-20(16-21(22)26)25(32)29-14-5-8-19(11-13-27-23(30)12-15-29)24(31)28-17-18-6-3-2-4-7-18/h2-4,6-7,9-10,16,19H,5,8,11-15,17H2,1H3,(H,27,30)(H,28,31). The van der Waals surface area contributed by atoms with Crippen molar-refractivity contribution in [1.29, 1.82) is 0 Å². The maximum absolute atomic E-state index is 14.1. The smallest absolute Gasteiger partial charge is 0.253 e. The highest BCUT2D eigenvalue weighted by molar-refractivity contribution is 5.94. The van der Waals surface area contributed by atoms with E-state index in [9.17, 15) is 18.8 Å². The van der Waals surface area contributed by atoms with Gasteiger partial charge in [0.1, 0.15) is 0 Å². The van der Waals surface area contributed by atoms with Crippen LogP contribution in [0.1, 0.15) is 41.6 Å². The van der Waals surface area contributed by atoms with E-state index in [1.165, 1.54) is 19.2 Å². The summed E-state index contributed by atoms with van der Waals surface area (Å²) in [6.45, 7) is 1.45. The second-order valence-electron chi connectivity index (χ2n) is 8.07. The number of nitrogens with zero attached hydrogens (tertiary/aromatic N) is 1. The Morgan fingerprint density at radius 2 is 1.94 bits per heavy atom. The highest BCUT2D eigenvalue weighted by atomic mass is 19.1. The van der Waals surface area contributed by atoms with Gasteiger partial charge in [-0.25, -0.2) is 4.39 Å². The summed E-state index contributed by atoms with van der Waals surface area (Å²) >= 11 is 0. The topological polar surface area (TPSA) is 87.7 Å². The molecule has 1 aliphatic heterocycles. The van der Waals surface area contributed by atoms with Crippen LogP contribution in [-0.4, -0.2) is 49.4 Å². The van der Waals surface area contributed by atoms with Gasteiger partial charge in [-0.15, -0.1) is 0 Å². The number of rotatable bonds is 5. The summed E-state index contributed by atoms with van der Waals surface area (Å²) in [6.07, 6.45) is 1.86. The summed E-state index contributed by atoms with van der Waals surface area (Å²) in [7, 11) is 1.36. The molecule has 1 aliphatic rings. The van der Waals surface area contributed by atoms with Gasteiger partial charge >= 0.3 is 0 Å². The molecule has 2 aromatic carbocycles. The fourth-order valence-electron chi connectivity index (χ4n) is 3.87. The van der Waals surface area contributed by atoms with Crippen molar-refractivity contribution in [3.8, 4) is 5.75 Å². The van der Waals surface area contributed by atoms with Crippen LogP contribution in [0.3, 0.4) is 0 Å². The monoisotopic (exact) mass is 455 g/mol. The van der Waals surface area contributed by atoms with Crippen molar-refractivity contribution >= 4 is 17.7 Å². The number of benzene rings is 2. The molecule has 2 N–H and O–H groups in total. The molecule has 33 heavy (non-hydrogen) atoms. The summed E-state index contributed by atoms with van der Waals surface area (Å²) in [4.78, 5) is 39.5. The molecule has 0 saturated carbocycles. The van der Waals surface area contributed by atoms with Gasteiger partial charge in [-0.1, -0.05) is 30.3 Å². The zero-order valence-corrected chi connectivity index (χ0v) is 18.8. The minimum Gasteiger partial charge on any atom is -0.494 e. The zero-order chi connectivity index (χ0) is 23.6. The van der Waals surface area contributed by atoms with Gasteiger partial charge in [0.2, 0.25) is 11.8 Å². The molecule has 176 valence electrons. The van der Waals surface area contributed by atoms with Gasteiger partial charge in [0.05, 0.1) is 7.11 Å². The Balaban J connectivity index is 1.64. The van der Waals surface area contributed by atoms with Crippen LogP contribution in [0.25, 0.3) is 0 Å². The van der Waals surface area contributed by atoms with Crippen LogP contribution in [0.5, 0.6) is 5.75 Å². The Morgan fingerprint density at radius 3 is 2.67 bits per heavy atom. The van der Waals surface area contributed by atoms with E-state index < -0.39 is 5.82 Å². The Hall–Kier alpha value is -3.42. The summed E-state index contributed by atoms with van der Waals surface area (Å²) in [5, 5.41) is 5.80. The first-order valence-electron chi connectivity index (χ1n) is 11.2. The van der Waals surface area contributed by atoms with Gasteiger partial charge in [0, 0.05) is 44.1 Å². The van der Waals surface area contributed by atoms with E-state index in [0.717, 1.165) is 11.6 Å². The third-order valence-electron chi connectivity index (χ3n) is 5.77. The van der Waals surface area contributed by atoms with E-state index in [0.29, 0.717) is 38.9 Å². The third kappa shape index (κ3) is 7.03. The maximum atomic E-state index is 14.1. The minimum absolute atomic E-state index is 0.0627. The average molecular weight is 456 g/mol. The first-order valence-corrected chi connectivity index (χ1v) is 11.2. The van der Waals surface area contributed by atoms with Gasteiger partial charge in [0.25, 0.3) is 5.91 Å². The molecular weight excluding hydrogens is 425 g/mol. The molecule has 1 heterocycles. The molecule has 0 bridgehead atoms. The molecule has 8 heteroatoms. The molecule has 7 nitrogen and oxygen atoms in total. The lowest BCUT2D eigenvalue weighted by Crippen LogP contribution is -2.35. The van der Waals surface area contributed by atoms with E-state index in [-0.39, 0.29) is 47.9 Å². The first-order chi connectivity index (χ1) is 16.0. The molecule has 1 atom stereocenters. The molecule has 1 fully saturated rings. The van der Waals surface area contributed by atoms with Crippen LogP contribution < -0.4 is 15.4 Å². The molecule has 0 spiro atoms. The number of amides is 3. The highest BCUT2D eigenvalue weighted by Crippen LogP contribution is 2.20. The van der Waals surface area contributed by atoms with E-state index >= 15 is 0 Å². The number of nitrogens with one attached hydrogen (secondary N) is 2. The van der Waals surface area contributed by atoms with E-state index in [1.807, 2.05) is 30.3 Å². The van der Waals surface area contributed by atoms with Crippen LogP contribution in [-0.2, 0) is 16.1 Å². The summed E-state index contributed by atoms with van der Waals surface area (Å²) in [6, 6.07) is 13.7. The van der Waals surface area contributed by atoms with Gasteiger partial charge in [-0.05, 0) is 43.0 Å². The molecule has 2 aromatic rings. The Labute approximate surface area is 193 Å². The quantitative estimate of drug-likeness (QED) is 0.726. The summed E-state index contributed by atoms with van der Waals surface area (Å²) < 4.78 is 19.0. The van der Waals surface area contributed by atoms with Gasteiger partial charge in [-0.3, -0.25) is 14.4 Å². The molecule has 3 amide bonds. The minimum atomic E-state index is -0.617. The number of hydrogen-bond acceptors (Lipinski definition) is 4. The second-order valence-corrected chi connectivity index (χ2v) is 8.07. The normalized spacial score (nSPS) is 17.5. The van der Waals surface area contributed by atoms with Crippen LogP contribution in [0.4, 0.5) is 4.39 Å². The third-order valence-corrected chi connectivity index (χ3v) is 5.77. The molecule has 0 radical (unpaired) electrons. The summed E-state index contributed by atoms with van der Waals surface area (Å²) in [5.74, 6) is -1.43. The van der Waals surface area contributed by atoms with Crippen LogP contribution in [0.2, 0.25) is 0 Å². The molecule has 0 aliphatic carbocycles. The number of halogens is 1. The van der Waals surface area contributed by atoms with Crippen molar-refractivity contribution in [2.45, 2.75) is 32.2 Å². The van der Waals surface area contributed by atoms with Gasteiger partial charge in [-0.2, -0.15) is 0 Å². The lowest BCUT2D eigenvalue weighted by Gasteiger charge is -2.23. The lowest BCUT2D eigenvalue weighted by molar-refractivity contribution is -0.126. The van der Waals surface area contributed by atoms with E-state index in [1.54, 1.807) is 4.90 Å². The van der Waals surface area contributed by atoms with Crippen molar-refractivity contribution in [2.24, 2.45) is 5.92 Å². The molecule has 3 rings (SSSR count). The average Bonchev–Trinajstić information content (AvgIpc) is 2.87. The predicted octanol–water partition coefficient (Wildman–Crippen LogP) is 2.90. The first kappa shape index (κ1) is 24.2. The summed E-state index contributed by atoms with van der Waals surface area (Å²) in [5.41, 5.74) is 1.21. The Kier molecular flexibility index (Phi) is 8.80. The SMILES string of the molecule is COc1ccc(C(=O)N2CCCC(C(=O)NCc3ccccc3)CCNC(=O)CC2)cc1F. The van der Waals surface area contributed by atoms with Gasteiger partial charge < -0.3 is 20.3 Å². The van der Waals surface area contributed by atoms with Crippen LogP contribution in [0, 0.1) is 11.7 Å². The molecule has 1 unspecified atom stereocenters. The van der Waals surface area contributed by atoms with Crippen LogP contribution in [0.15, 0.2) is 48.5 Å². The van der Waals surface area contributed by atoms with Gasteiger partial charge in [0.15, 0.2) is 11.6 Å². The fourth-order valence-corrected chi connectivity index (χ4v) is 3.87. The molecule has 1 saturated heterocycles. The van der Waals surface area contributed by atoms with Crippen molar-refractivity contribution < 1.29 is 23.5 Å². The predicted molar refractivity (Wildman–Crippen MR) is 122 cm³/mol.